The van der Waals surface area contributed by atoms with Gasteiger partial charge in [0.1, 0.15) is 0 Å². The third kappa shape index (κ3) is 4.68. The third-order valence-electron chi connectivity index (χ3n) is 3.49. The van der Waals surface area contributed by atoms with Crippen molar-refractivity contribution in [2.75, 3.05) is 19.8 Å². The summed E-state index contributed by atoms with van der Waals surface area (Å²) in [4.78, 5) is 16.5. The van der Waals surface area contributed by atoms with E-state index in [9.17, 15) is 4.79 Å². The van der Waals surface area contributed by atoms with E-state index in [1.807, 2.05) is 6.92 Å². The van der Waals surface area contributed by atoms with Crippen molar-refractivity contribution in [2.24, 2.45) is 0 Å². The van der Waals surface area contributed by atoms with Crippen LogP contribution < -0.4 is 10.6 Å². The quantitative estimate of drug-likeness (QED) is 0.898. The molecule has 2 rings (SSSR count). The van der Waals surface area contributed by atoms with Crippen LogP contribution in [-0.2, 0) is 16.6 Å². The molecule has 0 radical (unpaired) electrons. The molecule has 5 nitrogen and oxygen atoms in total. The maximum absolute atomic E-state index is 11.9. The highest BCUT2D eigenvalue weighted by Gasteiger charge is 2.31. The van der Waals surface area contributed by atoms with Crippen LogP contribution in [0.4, 0.5) is 4.79 Å². The normalized spacial score (nSPS) is 22.3. The summed E-state index contributed by atoms with van der Waals surface area (Å²) >= 11 is 1.68. The molecule has 1 saturated heterocycles. The minimum Gasteiger partial charge on any atom is -0.379 e. The van der Waals surface area contributed by atoms with E-state index in [4.69, 9.17) is 4.74 Å². The number of hydrogen-bond donors (Lipinski definition) is 2. The summed E-state index contributed by atoms with van der Waals surface area (Å²) in [6.07, 6.45) is 1.62. The van der Waals surface area contributed by atoms with E-state index in [1.54, 1.807) is 11.3 Å². The van der Waals surface area contributed by atoms with Gasteiger partial charge in [-0.3, -0.25) is 0 Å². The number of amides is 2. The van der Waals surface area contributed by atoms with Crippen molar-refractivity contribution in [1.82, 2.24) is 15.6 Å². The standard InChI is InChI=1S/C15H25N3O2S/c1-14(2,3)12-17-11(9-21-12)5-7-16-13(19)18-15(4)6-8-20-10-15/h9H,5-8,10H2,1-4H3,(H2,16,18,19)/t15-/m1/s1. The summed E-state index contributed by atoms with van der Waals surface area (Å²) in [6.45, 7) is 10.4. The molecule has 1 atom stereocenters. The number of aromatic nitrogens is 1. The molecule has 2 amide bonds. The maximum Gasteiger partial charge on any atom is 0.315 e. The van der Waals surface area contributed by atoms with Gasteiger partial charge < -0.3 is 15.4 Å². The lowest BCUT2D eigenvalue weighted by Crippen LogP contribution is -2.51. The zero-order chi connectivity index (χ0) is 15.5. The molecule has 0 bridgehead atoms. The average molecular weight is 311 g/mol. The van der Waals surface area contributed by atoms with Crippen molar-refractivity contribution in [3.8, 4) is 0 Å². The van der Waals surface area contributed by atoms with Crippen LogP contribution in [-0.4, -0.2) is 36.3 Å². The summed E-state index contributed by atoms with van der Waals surface area (Å²) in [6, 6.07) is -0.130. The van der Waals surface area contributed by atoms with E-state index in [-0.39, 0.29) is 17.0 Å². The number of thiazole rings is 1. The topological polar surface area (TPSA) is 63.2 Å². The van der Waals surface area contributed by atoms with Gasteiger partial charge >= 0.3 is 6.03 Å². The number of carbonyl (C=O) groups is 1. The molecule has 118 valence electrons. The Labute approximate surface area is 130 Å². The molecule has 1 aromatic heterocycles. The molecule has 2 N–H and O–H groups in total. The summed E-state index contributed by atoms with van der Waals surface area (Å²) < 4.78 is 5.32. The summed E-state index contributed by atoms with van der Waals surface area (Å²) in [5, 5.41) is 9.08. The second-order valence-corrected chi connectivity index (χ2v) is 7.75. The van der Waals surface area contributed by atoms with Gasteiger partial charge in [-0.1, -0.05) is 20.8 Å². The molecule has 0 aliphatic carbocycles. The molecule has 2 heterocycles. The van der Waals surface area contributed by atoms with E-state index in [0.717, 1.165) is 23.5 Å². The molecule has 0 aromatic carbocycles. The van der Waals surface area contributed by atoms with Gasteiger partial charge in [0.05, 0.1) is 22.8 Å². The number of urea groups is 1. The summed E-state index contributed by atoms with van der Waals surface area (Å²) in [5.41, 5.74) is 0.898. The third-order valence-corrected chi connectivity index (χ3v) is 4.81. The van der Waals surface area contributed by atoms with Crippen LogP contribution in [0.5, 0.6) is 0 Å². The van der Waals surface area contributed by atoms with Crippen LogP contribution in [0.25, 0.3) is 0 Å². The monoisotopic (exact) mass is 311 g/mol. The fourth-order valence-corrected chi connectivity index (χ4v) is 3.10. The van der Waals surface area contributed by atoms with Gasteiger partial charge in [-0.2, -0.15) is 0 Å². The summed E-state index contributed by atoms with van der Waals surface area (Å²) in [5.74, 6) is 0. The van der Waals surface area contributed by atoms with Gasteiger partial charge in [-0.15, -0.1) is 11.3 Å². The highest BCUT2D eigenvalue weighted by atomic mass is 32.1. The Balaban J connectivity index is 1.74. The molecule has 0 spiro atoms. The van der Waals surface area contributed by atoms with Crippen molar-refractivity contribution < 1.29 is 9.53 Å². The van der Waals surface area contributed by atoms with Crippen LogP contribution in [0.2, 0.25) is 0 Å². The molecule has 0 unspecified atom stereocenters. The van der Waals surface area contributed by atoms with Crippen LogP contribution >= 0.6 is 11.3 Å². The molecule has 1 fully saturated rings. The zero-order valence-electron chi connectivity index (χ0n) is 13.3. The largest absolute Gasteiger partial charge is 0.379 e. The Morgan fingerprint density at radius 1 is 1.52 bits per heavy atom. The molecule has 0 saturated carbocycles. The van der Waals surface area contributed by atoms with Gasteiger partial charge in [0.25, 0.3) is 0 Å². The second kappa shape index (κ2) is 6.32. The fourth-order valence-electron chi connectivity index (χ4n) is 2.15. The number of ether oxygens (including phenoxy) is 1. The molecule has 1 aromatic rings. The van der Waals surface area contributed by atoms with Crippen molar-refractivity contribution in [1.29, 1.82) is 0 Å². The highest BCUT2D eigenvalue weighted by Crippen LogP contribution is 2.25. The number of rotatable bonds is 4. The minimum absolute atomic E-state index is 0.0881. The Morgan fingerprint density at radius 3 is 2.86 bits per heavy atom. The van der Waals surface area contributed by atoms with Gasteiger partial charge in [0.2, 0.25) is 0 Å². The Kier molecular flexibility index (Phi) is 4.88. The molecule has 1 aliphatic heterocycles. The number of nitrogens with one attached hydrogen (secondary N) is 2. The lowest BCUT2D eigenvalue weighted by molar-refractivity contribution is 0.170. The fraction of sp³-hybridized carbons (Fsp3) is 0.733. The van der Waals surface area contributed by atoms with Crippen molar-refractivity contribution >= 4 is 17.4 Å². The van der Waals surface area contributed by atoms with Crippen LogP contribution in [0, 0.1) is 0 Å². The van der Waals surface area contributed by atoms with E-state index in [1.165, 1.54) is 0 Å². The first kappa shape index (κ1) is 16.2. The van der Waals surface area contributed by atoms with Crippen LogP contribution in [0.3, 0.4) is 0 Å². The van der Waals surface area contributed by atoms with E-state index < -0.39 is 0 Å². The van der Waals surface area contributed by atoms with Gasteiger partial charge in [-0.25, -0.2) is 9.78 Å². The lowest BCUT2D eigenvalue weighted by atomic mass is 9.98. The van der Waals surface area contributed by atoms with Gasteiger partial charge in [-0.05, 0) is 13.3 Å². The average Bonchev–Trinajstić information content (AvgIpc) is 2.97. The van der Waals surface area contributed by atoms with E-state index >= 15 is 0 Å². The lowest BCUT2D eigenvalue weighted by Gasteiger charge is -2.23. The predicted octanol–water partition coefficient (Wildman–Crippen LogP) is 2.46. The second-order valence-electron chi connectivity index (χ2n) is 6.89. The van der Waals surface area contributed by atoms with E-state index in [2.05, 4.69) is 41.8 Å². The van der Waals surface area contributed by atoms with E-state index in [0.29, 0.717) is 19.8 Å². The molecular formula is C15H25N3O2S. The first-order chi connectivity index (χ1) is 9.78. The van der Waals surface area contributed by atoms with Crippen molar-refractivity contribution in [2.45, 2.75) is 51.5 Å². The number of nitrogens with zero attached hydrogens (tertiary/aromatic N) is 1. The molecule has 1 aliphatic rings. The van der Waals surface area contributed by atoms with Crippen LogP contribution in [0.1, 0.15) is 44.8 Å². The zero-order valence-corrected chi connectivity index (χ0v) is 14.1. The van der Waals surface area contributed by atoms with Crippen molar-refractivity contribution in [3.63, 3.8) is 0 Å². The van der Waals surface area contributed by atoms with Crippen molar-refractivity contribution in [3.05, 3.63) is 16.1 Å². The molecule has 6 heteroatoms. The summed E-state index contributed by atoms with van der Waals surface area (Å²) in [7, 11) is 0. The number of hydrogen-bond acceptors (Lipinski definition) is 4. The predicted molar refractivity (Wildman–Crippen MR) is 84.9 cm³/mol. The SMILES string of the molecule is CC(C)(C)c1nc(CCNC(=O)N[C@]2(C)CCOC2)cs1. The Hall–Kier alpha value is -1.14. The smallest absolute Gasteiger partial charge is 0.315 e. The number of carbonyl (C=O) groups excluding carboxylic acids is 1. The first-order valence-electron chi connectivity index (χ1n) is 7.37. The Bertz CT molecular complexity index is 487. The van der Waals surface area contributed by atoms with Gasteiger partial charge in [0, 0.05) is 30.4 Å². The van der Waals surface area contributed by atoms with Gasteiger partial charge in [0.15, 0.2) is 0 Å². The molecule has 21 heavy (non-hydrogen) atoms. The first-order valence-corrected chi connectivity index (χ1v) is 8.25. The minimum atomic E-state index is -0.232. The maximum atomic E-state index is 11.9. The highest BCUT2D eigenvalue weighted by molar-refractivity contribution is 7.09. The van der Waals surface area contributed by atoms with Crippen LogP contribution in [0.15, 0.2) is 5.38 Å². The molecular weight excluding hydrogens is 286 g/mol. The Morgan fingerprint density at radius 2 is 2.29 bits per heavy atom.